The molecule has 1 aliphatic carbocycles. The highest BCUT2D eigenvalue weighted by Gasteiger charge is 2.20. The minimum absolute atomic E-state index is 0.539. The normalized spacial score (nSPS) is 17.4. The quantitative estimate of drug-likeness (QED) is 0.925. The summed E-state index contributed by atoms with van der Waals surface area (Å²) in [7, 11) is 0. The van der Waals surface area contributed by atoms with Crippen LogP contribution in [0.2, 0.25) is 5.02 Å². The van der Waals surface area contributed by atoms with Crippen LogP contribution in [0.15, 0.2) is 42.6 Å². The van der Waals surface area contributed by atoms with Gasteiger partial charge < -0.3 is 5.32 Å². The van der Waals surface area contributed by atoms with E-state index < -0.39 is 0 Å². The summed E-state index contributed by atoms with van der Waals surface area (Å²) in [5, 5.41) is 4.45. The van der Waals surface area contributed by atoms with Crippen LogP contribution < -0.4 is 5.32 Å². The lowest BCUT2D eigenvalue weighted by Gasteiger charge is -2.11. The Morgan fingerprint density at radius 1 is 1.16 bits per heavy atom. The van der Waals surface area contributed by atoms with E-state index in [1.807, 2.05) is 24.4 Å². The van der Waals surface area contributed by atoms with Crippen molar-refractivity contribution >= 4 is 11.6 Å². The maximum absolute atomic E-state index is 6.03. The van der Waals surface area contributed by atoms with Crippen LogP contribution in [0.5, 0.6) is 0 Å². The standard InChI is InChI=1S/C16H17ClN2/c17-14-5-4-12-10-16(11-13(12)9-14)19-8-6-15-3-1-2-7-18-15/h1-5,7,9,16,19H,6,8,10-11H2. The number of pyridine rings is 1. The van der Waals surface area contributed by atoms with Crippen LogP contribution in [0.4, 0.5) is 0 Å². The van der Waals surface area contributed by atoms with Crippen molar-refractivity contribution in [1.29, 1.82) is 0 Å². The monoisotopic (exact) mass is 272 g/mol. The minimum atomic E-state index is 0.539. The highest BCUT2D eigenvalue weighted by molar-refractivity contribution is 6.30. The third kappa shape index (κ3) is 3.14. The molecule has 0 spiro atoms. The SMILES string of the molecule is Clc1ccc2c(c1)CC(NCCc1ccccn1)C2. The topological polar surface area (TPSA) is 24.9 Å². The molecule has 0 saturated carbocycles. The van der Waals surface area contributed by atoms with Crippen molar-refractivity contribution in [3.8, 4) is 0 Å². The summed E-state index contributed by atoms with van der Waals surface area (Å²) in [6.45, 7) is 0.976. The molecule has 98 valence electrons. The molecule has 19 heavy (non-hydrogen) atoms. The molecule has 1 unspecified atom stereocenters. The Morgan fingerprint density at radius 2 is 2.05 bits per heavy atom. The molecule has 1 heterocycles. The van der Waals surface area contributed by atoms with E-state index in [2.05, 4.69) is 28.5 Å². The van der Waals surface area contributed by atoms with Crippen molar-refractivity contribution in [3.05, 3.63) is 64.4 Å². The molecule has 0 amide bonds. The van der Waals surface area contributed by atoms with Crippen LogP contribution in [-0.2, 0) is 19.3 Å². The lowest BCUT2D eigenvalue weighted by Crippen LogP contribution is -2.31. The first-order valence-electron chi connectivity index (χ1n) is 6.72. The molecule has 0 radical (unpaired) electrons. The second-order valence-corrected chi connectivity index (χ2v) is 5.48. The van der Waals surface area contributed by atoms with Gasteiger partial charge in [-0.2, -0.15) is 0 Å². The maximum Gasteiger partial charge on any atom is 0.0416 e. The molecule has 0 fully saturated rings. The molecule has 1 N–H and O–H groups in total. The number of aromatic nitrogens is 1. The van der Waals surface area contributed by atoms with E-state index in [1.54, 1.807) is 0 Å². The third-order valence-corrected chi connectivity index (χ3v) is 3.88. The lowest BCUT2D eigenvalue weighted by molar-refractivity contribution is 0.534. The minimum Gasteiger partial charge on any atom is -0.313 e. The Balaban J connectivity index is 1.51. The number of rotatable bonds is 4. The fourth-order valence-electron chi connectivity index (χ4n) is 2.68. The summed E-state index contributed by atoms with van der Waals surface area (Å²) in [4.78, 5) is 4.34. The zero-order chi connectivity index (χ0) is 13.1. The largest absolute Gasteiger partial charge is 0.313 e. The Labute approximate surface area is 118 Å². The summed E-state index contributed by atoms with van der Waals surface area (Å²) >= 11 is 6.03. The first-order chi connectivity index (χ1) is 9.31. The second kappa shape index (κ2) is 5.72. The van der Waals surface area contributed by atoms with Crippen LogP contribution in [0.1, 0.15) is 16.8 Å². The molecule has 1 atom stereocenters. The van der Waals surface area contributed by atoms with Crippen LogP contribution in [-0.4, -0.2) is 17.6 Å². The Bertz CT molecular complexity index is 554. The van der Waals surface area contributed by atoms with Crippen molar-refractivity contribution in [2.24, 2.45) is 0 Å². The van der Waals surface area contributed by atoms with Crippen molar-refractivity contribution < 1.29 is 0 Å². The van der Waals surface area contributed by atoms with Crippen LogP contribution >= 0.6 is 11.6 Å². The van der Waals surface area contributed by atoms with Crippen LogP contribution in [0.3, 0.4) is 0 Å². The molecule has 3 rings (SSSR count). The van der Waals surface area contributed by atoms with E-state index in [4.69, 9.17) is 11.6 Å². The number of nitrogens with zero attached hydrogens (tertiary/aromatic N) is 1. The van der Waals surface area contributed by atoms with Gasteiger partial charge in [-0.05, 0) is 48.2 Å². The smallest absolute Gasteiger partial charge is 0.0416 e. The van der Waals surface area contributed by atoms with E-state index >= 15 is 0 Å². The molecule has 1 aromatic heterocycles. The molecular weight excluding hydrogens is 256 g/mol. The lowest BCUT2D eigenvalue weighted by atomic mass is 10.1. The van der Waals surface area contributed by atoms with Crippen molar-refractivity contribution in [3.63, 3.8) is 0 Å². The number of halogens is 1. The number of benzene rings is 1. The van der Waals surface area contributed by atoms with Crippen LogP contribution in [0.25, 0.3) is 0 Å². The zero-order valence-corrected chi connectivity index (χ0v) is 11.5. The second-order valence-electron chi connectivity index (χ2n) is 5.04. The number of hydrogen-bond acceptors (Lipinski definition) is 2. The first kappa shape index (κ1) is 12.6. The van der Waals surface area contributed by atoms with E-state index in [-0.39, 0.29) is 0 Å². The fraction of sp³-hybridized carbons (Fsp3) is 0.312. The van der Waals surface area contributed by atoms with Gasteiger partial charge in [0.05, 0.1) is 0 Å². The predicted octanol–water partition coefficient (Wildman–Crippen LogP) is 3.03. The van der Waals surface area contributed by atoms with Crippen LogP contribution in [0, 0.1) is 0 Å². The van der Waals surface area contributed by atoms with E-state index in [9.17, 15) is 0 Å². The van der Waals surface area contributed by atoms with Gasteiger partial charge in [0.25, 0.3) is 0 Å². The third-order valence-electron chi connectivity index (χ3n) is 3.64. The molecule has 2 nitrogen and oxygen atoms in total. The summed E-state index contributed by atoms with van der Waals surface area (Å²) in [6.07, 6.45) is 5.02. The number of fused-ring (bicyclic) bond motifs is 1. The number of hydrogen-bond donors (Lipinski definition) is 1. The Kier molecular flexibility index (Phi) is 3.81. The van der Waals surface area contributed by atoms with Gasteiger partial charge in [-0.25, -0.2) is 0 Å². The van der Waals surface area contributed by atoms with Crippen molar-refractivity contribution in [2.45, 2.75) is 25.3 Å². The van der Waals surface area contributed by atoms with Gasteiger partial charge in [-0.15, -0.1) is 0 Å². The van der Waals surface area contributed by atoms with E-state index in [0.29, 0.717) is 6.04 Å². The first-order valence-corrected chi connectivity index (χ1v) is 7.09. The molecule has 3 heteroatoms. The molecule has 2 aromatic rings. The van der Waals surface area contributed by atoms with Crippen molar-refractivity contribution in [2.75, 3.05) is 6.54 Å². The maximum atomic E-state index is 6.03. The van der Waals surface area contributed by atoms with Gasteiger partial charge in [-0.1, -0.05) is 23.7 Å². The van der Waals surface area contributed by atoms with E-state index in [1.165, 1.54) is 11.1 Å². The molecule has 1 aromatic carbocycles. The Morgan fingerprint density at radius 3 is 2.89 bits per heavy atom. The molecule has 0 saturated heterocycles. The van der Waals surface area contributed by atoms with Gasteiger partial charge in [0.1, 0.15) is 0 Å². The van der Waals surface area contributed by atoms with E-state index in [0.717, 1.165) is 36.5 Å². The van der Waals surface area contributed by atoms with Crippen molar-refractivity contribution in [1.82, 2.24) is 10.3 Å². The Hall–Kier alpha value is -1.38. The molecule has 0 bridgehead atoms. The molecule has 1 aliphatic rings. The summed E-state index contributed by atoms with van der Waals surface area (Å²) in [5.41, 5.74) is 3.97. The average molecular weight is 273 g/mol. The highest BCUT2D eigenvalue weighted by Crippen LogP contribution is 2.25. The molecular formula is C16H17ClN2. The summed E-state index contributed by atoms with van der Waals surface area (Å²) in [5.74, 6) is 0. The fourth-order valence-corrected chi connectivity index (χ4v) is 2.88. The number of nitrogens with one attached hydrogen (secondary N) is 1. The average Bonchev–Trinajstić information content (AvgIpc) is 2.82. The predicted molar refractivity (Wildman–Crippen MR) is 78.6 cm³/mol. The van der Waals surface area contributed by atoms with Gasteiger partial charge in [0, 0.05) is 35.9 Å². The highest BCUT2D eigenvalue weighted by atomic mass is 35.5. The summed E-state index contributed by atoms with van der Waals surface area (Å²) < 4.78 is 0. The van der Waals surface area contributed by atoms with Gasteiger partial charge in [0.15, 0.2) is 0 Å². The van der Waals surface area contributed by atoms with Gasteiger partial charge >= 0.3 is 0 Å². The molecule has 0 aliphatic heterocycles. The summed E-state index contributed by atoms with van der Waals surface area (Å²) in [6, 6.07) is 12.8. The van der Waals surface area contributed by atoms with Gasteiger partial charge in [0.2, 0.25) is 0 Å². The van der Waals surface area contributed by atoms with Gasteiger partial charge in [-0.3, -0.25) is 4.98 Å². The zero-order valence-electron chi connectivity index (χ0n) is 10.8.